The minimum absolute atomic E-state index is 0.0207. The van der Waals surface area contributed by atoms with Crippen LogP contribution in [0.15, 0.2) is 35.5 Å². The van der Waals surface area contributed by atoms with E-state index in [0.717, 1.165) is 35.4 Å². The number of Topliss-reactive ketones (excluding diaryl/α,β-unsaturated/α-hetero) is 1. The van der Waals surface area contributed by atoms with Gasteiger partial charge >= 0.3 is 0 Å². The molecule has 2 aliphatic rings. The molecular weight excluding hydrogens is 314 g/mol. The van der Waals surface area contributed by atoms with Crippen LogP contribution in [0.5, 0.6) is 5.75 Å². The summed E-state index contributed by atoms with van der Waals surface area (Å²) in [4.78, 5) is 25.2. The fraction of sp³-hybridized carbons (Fsp3) is 0.524. The number of amides is 1. The Bertz CT molecular complexity index is 732. The fourth-order valence-electron chi connectivity index (χ4n) is 3.80. The first kappa shape index (κ1) is 17.7. The van der Waals surface area contributed by atoms with Crippen LogP contribution < -0.4 is 10.1 Å². The number of ketones is 1. The third kappa shape index (κ3) is 3.63. The molecular formula is C21H27NO3. The highest BCUT2D eigenvalue weighted by Gasteiger charge is 2.41. The normalized spacial score (nSPS) is 23.8. The van der Waals surface area contributed by atoms with Gasteiger partial charge in [0.2, 0.25) is 5.91 Å². The van der Waals surface area contributed by atoms with Crippen molar-refractivity contribution < 1.29 is 14.3 Å². The summed E-state index contributed by atoms with van der Waals surface area (Å²) in [6.45, 7) is 8.26. The van der Waals surface area contributed by atoms with Gasteiger partial charge in [0, 0.05) is 35.6 Å². The van der Waals surface area contributed by atoms with Crippen LogP contribution in [0.1, 0.15) is 64.9 Å². The van der Waals surface area contributed by atoms with Crippen molar-refractivity contribution >= 4 is 11.7 Å². The lowest BCUT2D eigenvalue weighted by molar-refractivity contribution is -0.122. The predicted octanol–water partition coefficient (Wildman–Crippen LogP) is 4.11. The van der Waals surface area contributed by atoms with Crippen molar-refractivity contribution in [1.29, 1.82) is 0 Å². The minimum Gasteiger partial charge on any atom is -0.490 e. The second-order valence-corrected chi connectivity index (χ2v) is 8.01. The Kier molecular flexibility index (Phi) is 4.72. The van der Waals surface area contributed by atoms with Crippen LogP contribution >= 0.6 is 0 Å². The van der Waals surface area contributed by atoms with Gasteiger partial charge in [-0.05, 0) is 31.2 Å². The van der Waals surface area contributed by atoms with E-state index in [-0.39, 0.29) is 29.1 Å². The Morgan fingerprint density at radius 2 is 1.96 bits per heavy atom. The Balaban J connectivity index is 2.05. The van der Waals surface area contributed by atoms with E-state index < -0.39 is 0 Å². The SMILES string of the molecule is CCC(C)Oc1ccccc1C1CC(=O)NC2=C1C(=O)CC(C)(C)C2. The highest BCUT2D eigenvalue weighted by Crippen LogP contribution is 2.45. The molecule has 1 N–H and O–H groups in total. The maximum atomic E-state index is 12.9. The third-order valence-corrected chi connectivity index (χ3v) is 5.15. The second-order valence-electron chi connectivity index (χ2n) is 8.01. The first-order valence-corrected chi connectivity index (χ1v) is 9.12. The van der Waals surface area contributed by atoms with Gasteiger partial charge in [0.25, 0.3) is 0 Å². The summed E-state index contributed by atoms with van der Waals surface area (Å²) in [7, 11) is 0. The molecule has 0 bridgehead atoms. The van der Waals surface area contributed by atoms with Gasteiger partial charge in [-0.1, -0.05) is 39.0 Å². The van der Waals surface area contributed by atoms with E-state index in [4.69, 9.17) is 4.74 Å². The van der Waals surface area contributed by atoms with Crippen molar-refractivity contribution in [2.45, 2.75) is 65.4 Å². The molecule has 3 rings (SSSR count). The van der Waals surface area contributed by atoms with E-state index in [1.54, 1.807) is 0 Å². The molecule has 4 nitrogen and oxygen atoms in total. The van der Waals surface area contributed by atoms with Gasteiger partial charge in [0.05, 0.1) is 6.10 Å². The van der Waals surface area contributed by atoms with Gasteiger partial charge in [-0.3, -0.25) is 9.59 Å². The van der Waals surface area contributed by atoms with E-state index in [2.05, 4.69) is 26.1 Å². The standard InChI is InChI=1S/C21H27NO3/c1-5-13(2)25-18-9-7-6-8-14(18)15-10-19(24)22-16-11-21(3,4)12-17(23)20(15)16/h6-9,13,15H,5,10-12H2,1-4H3,(H,22,24). The summed E-state index contributed by atoms with van der Waals surface area (Å²) >= 11 is 0. The number of para-hydroxylation sites is 1. The maximum Gasteiger partial charge on any atom is 0.225 e. The van der Waals surface area contributed by atoms with E-state index in [9.17, 15) is 9.59 Å². The van der Waals surface area contributed by atoms with Crippen molar-refractivity contribution in [3.05, 3.63) is 41.1 Å². The molecule has 0 saturated carbocycles. The largest absolute Gasteiger partial charge is 0.490 e. The summed E-state index contributed by atoms with van der Waals surface area (Å²) < 4.78 is 6.07. The highest BCUT2D eigenvalue weighted by atomic mass is 16.5. The van der Waals surface area contributed by atoms with Crippen molar-refractivity contribution in [3.63, 3.8) is 0 Å². The van der Waals surface area contributed by atoms with Crippen molar-refractivity contribution in [2.24, 2.45) is 5.41 Å². The summed E-state index contributed by atoms with van der Waals surface area (Å²) in [5.74, 6) is 0.691. The molecule has 134 valence electrons. The first-order valence-electron chi connectivity index (χ1n) is 9.12. The molecule has 1 aromatic rings. The monoisotopic (exact) mass is 341 g/mol. The summed E-state index contributed by atoms with van der Waals surface area (Å²) in [6, 6.07) is 7.80. The Hall–Kier alpha value is -2.10. The summed E-state index contributed by atoms with van der Waals surface area (Å²) in [6.07, 6.45) is 2.54. The smallest absolute Gasteiger partial charge is 0.225 e. The molecule has 0 fully saturated rings. The number of nitrogens with one attached hydrogen (secondary N) is 1. The number of carbonyl (C=O) groups is 2. The molecule has 1 amide bonds. The number of hydrogen-bond acceptors (Lipinski definition) is 3. The summed E-state index contributed by atoms with van der Waals surface area (Å²) in [5, 5.41) is 2.95. The second kappa shape index (κ2) is 6.66. The van der Waals surface area contributed by atoms with Gasteiger partial charge in [0.15, 0.2) is 5.78 Å². The molecule has 0 spiro atoms. The number of allylic oxidation sites excluding steroid dienone is 2. The maximum absolute atomic E-state index is 12.9. The average Bonchev–Trinajstić information content (AvgIpc) is 2.52. The van der Waals surface area contributed by atoms with Crippen LogP contribution in [-0.4, -0.2) is 17.8 Å². The molecule has 25 heavy (non-hydrogen) atoms. The molecule has 0 radical (unpaired) electrons. The molecule has 1 aromatic carbocycles. The highest BCUT2D eigenvalue weighted by molar-refractivity contribution is 6.02. The zero-order valence-electron chi connectivity index (χ0n) is 15.5. The van der Waals surface area contributed by atoms with Crippen LogP contribution in [0.25, 0.3) is 0 Å². The average molecular weight is 341 g/mol. The Morgan fingerprint density at radius 1 is 1.24 bits per heavy atom. The van der Waals surface area contributed by atoms with Crippen LogP contribution in [0.4, 0.5) is 0 Å². The third-order valence-electron chi connectivity index (χ3n) is 5.15. The predicted molar refractivity (Wildman–Crippen MR) is 97.4 cm³/mol. The molecule has 4 heteroatoms. The number of ether oxygens (including phenoxy) is 1. The lowest BCUT2D eigenvalue weighted by Gasteiger charge is -2.38. The van der Waals surface area contributed by atoms with Crippen molar-refractivity contribution in [3.8, 4) is 5.75 Å². The van der Waals surface area contributed by atoms with Gasteiger partial charge in [0.1, 0.15) is 5.75 Å². The number of carbonyl (C=O) groups excluding carboxylic acids is 2. The van der Waals surface area contributed by atoms with Gasteiger partial charge in [-0.2, -0.15) is 0 Å². The van der Waals surface area contributed by atoms with Crippen LogP contribution in [0.3, 0.4) is 0 Å². The lowest BCUT2D eigenvalue weighted by Crippen LogP contribution is -2.40. The topological polar surface area (TPSA) is 55.4 Å². The van der Waals surface area contributed by atoms with Crippen LogP contribution in [0.2, 0.25) is 0 Å². The zero-order valence-corrected chi connectivity index (χ0v) is 15.5. The van der Waals surface area contributed by atoms with E-state index in [1.807, 2.05) is 31.2 Å². The first-order chi connectivity index (χ1) is 11.8. The quantitative estimate of drug-likeness (QED) is 0.896. The summed E-state index contributed by atoms with van der Waals surface area (Å²) in [5.41, 5.74) is 2.41. The van der Waals surface area contributed by atoms with E-state index >= 15 is 0 Å². The van der Waals surface area contributed by atoms with Gasteiger partial charge in [-0.25, -0.2) is 0 Å². The fourth-order valence-corrected chi connectivity index (χ4v) is 3.80. The van der Waals surface area contributed by atoms with Gasteiger partial charge in [-0.15, -0.1) is 0 Å². The molecule has 2 atom stereocenters. The van der Waals surface area contributed by atoms with Crippen LogP contribution in [0, 0.1) is 5.41 Å². The Morgan fingerprint density at radius 3 is 2.68 bits per heavy atom. The zero-order chi connectivity index (χ0) is 18.2. The lowest BCUT2D eigenvalue weighted by atomic mass is 9.70. The Labute approximate surface area is 149 Å². The number of hydrogen-bond donors (Lipinski definition) is 1. The molecule has 1 aliphatic carbocycles. The van der Waals surface area contributed by atoms with Crippen LogP contribution in [-0.2, 0) is 9.59 Å². The van der Waals surface area contributed by atoms with E-state index in [1.165, 1.54) is 0 Å². The van der Waals surface area contributed by atoms with Crippen molar-refractivity contribution in [1.82, 2.24) is 5.32 Å². The minimum atomic E-state index is -0.215. The molecule has 1 heterocycles. The molecule has 1 aliphatic heterocycles. The van der Waals surface area contributed by atoms with E-state index in [0.29, 0.717) is 12.8 Å². The van der Waals surface area contributed by atoms with Crippen molar-refractivity contribution in [2.75, 3.05) is 0 Å². The number of rotatable bonds is 4. The molecule has 2 unspecified atom stereocenters. The molecule has 0 aromatic heterocycles. The van der Waals surface area contributed by atoms with Gasteiger partial charge < -0.3 is 10.1 Å². The molecule has 0 saturated heterocycles. The number of benzene rings is 1.